The fourth-order valence-corrected chi connectivity index (χ4v) is 1.89. The molecule has 0 fully saturated rings. The van der Waals surface area contributed by atoms with Crippen LogP contribution < -0.4 is 4.74 Å². The van der Waals surface area contributed by atoms with Crippen LogP contribution in [0.4, 0.5) is 0 Å². The number of hydrogen-bond acceptors (Lipinski definition) is 2. The summed E-state index contributed by atoms with van der Waals surface area (Å²) in [5.74, 6) is -0.317. The van der Waals surface area contributed by atoms with Crippen molar-refractivity contribution in [2.45, 2.75) is 26.7 Å². The summed E-state index contributed by atoms with van der Waals surface area (Å²) in [7, 11) is 0. The van der Waals surface area contributed by atoms with Gasteiger partial charge in [-0.05, 0) is 24.5 Å². The van der Waals surface area contributed by atoms with Gasteiger partial charge in [-0.1, -0.05) is 37.9 Å². The maximum Gasteiger partial charge on any atom is 0.341 e. The van der Waals surface area contributed by atoms with Crippen LogP contribution in [-0.4, -0.2) is 17.7 Å². The maximum absolute atomic E-state index is 11.0. The van der Waals surface area contributed by atoms with Crippen LogP contribution in [0.25, 0.3) is 0 Å². The summed E-state index contributed by atoms with van der Waals surface area (Å²) in [5, 5.41) is 9.26. The molecule has 17 heavy (non-hydrogen) atoms. The molecule has 0 spiro atoms. The lowest BCUT2D eigenvalue weighted by atomic mass is 10.1. The van der Waals surface area contributed by atoms with E-state index < -0.39 is 5.97 Å². The summed E-state index contributed by atoms with van der Waals surface area (Å²) < 4.78 is 5.53. The van der Waals surface area contributed by atoms with E-state index in [1.807, 2.05) is 0 Å². The van der Waals surface area contributed by atoms with Gasteiger partial charge in [0.1, 0.15) is 11.3 Å². The second kappa shape index (κ2) is 6.50. The molecule has 0 aromatic heterocycles. The lowest BCUT2D eigenvalue weighted by Crippen LogP contribution is -2.11. The van der Waals surface area contributed by atoms with E-state index in [1.165, 1.54) is 0 Å². The lowest BCUT2D eigenvalue weighted by Gasteiger charge is -2.14. The van der Waals surface area contributed by atoms with E-state index in [0.717, 1.165) is 12.8 Å². The Morgan fingerprint density at radius 2 is 2.24 bits per heavy atom. The van der Waals surface area contributed by atoms with E-state index >= 15 is 0 Å². The molecular weight excluding hydrogens is 240 g/mol. The molecule has 0 radical (unpaired) electrons. The van der Waals surface area contributed by atoms with E-state index in [2.05, 4.69) is 13.8 Å². The second-order valence-corrected chi connectivity index (χ2v) is 4.53. The van der Waals surface area contributed by atoms with Crippen molar-refractivity contribution in [2.24, 2.45) is 5.92 Å². The first-order chi connectivity index (χ1) is 8.06. The molecule has 3 nitrogen and oxygen atoms in total. The average molecular weight is 257 g/mol. The van der Waals surface area contributed by atoms with E-state index in [1.54, 1.807) is 18.2 Å². The van der Waals surface area contributed by atoms with Gasteiger partial charge in [-0.3, -0.25) is 0 Å². The topological polar surface area (TPSA) is 46.5 Å². The smallest absolute Gasteiger partial charge is 0.341 e. The zero-order chi connectivity index (χ0) is 12.8. The Hall–Kier alpha value is -1.22. The highest BCUT2D eigenvalue weighted by Gasteiger charge is 2.16. The van der Waals surface area contributed by atoms with Crippen molar-refractivity contribution in [1.29, 1.82) is 0 Å². The third-order valence-corrected chi connectivity index (χ3v) is 2.81. The molecule has 0 aliphatic carbocycles. The first-order valence-corrected chi connectivity index (χ1v) is 6.08. The minimum absolute atomic E-state index is 0.0397. The Labute approximate surface area is 106 Å². The van der Waals surface area contributed by atoms with E-state index in [4.69, 9.17) is 21.4 Å². The fraction of sp³-hybridized carbons (Fsp3) is 0.462. The molecule has 0 saturated carbocycles. The number of ether oxygens (including phenoxy) is 1. The van der Waals surface area contributed by atoms with Crippen LogP contribution in [0.3, 0.4) is 0 Å². The van der Waals surface area contributed by atoms with Crippen LogP contribution in [0.15, 0.2) is 18.2 Å². The molecule has 0 amide bonds. The molecule has 0 saturated heterocycles. The largest absolute Gasteiger partial charge is 0.492 e. The third kappa shape index (κ3) is 3.93. The molecule has 1 rings (SSSR count). The van der Waals surface area contributed by atoms with Crippen molar-refractivity contribution in [1.82, 2.24) is 0 Å². The van der Waals surface area contributed by atoms with E-state index in [9.17, 15) is 4.79 Å². The third-order valence-electron chi connectivity index (χ3n) is 2.49. The Morgan fingerprint density at radius 3 is 2.82 bits per heavy atom. The molecule has 1 unspecified atom stereocenters. The first kappa shape index (κ1) is 13.8. The molecule has 1 aromatic rings. The van der Waals surface area contributed by atoms with Crippen LogP contribution in [0, 0.1) is 5.92 Å². The van der Waals surface area contributed by atoms with Crippen molar-refractivity contribution >= 4 is 17.6 Å². The van der Waals surface area contributed by atoms with Gasteiger partial charge < -0.3 is 9.84 Å². The van der Waals surface area contributed by atoms with Gasteiger partial charge in [0, 0.05) is 0 Å². The van der Waals surface area contributed by atoms with Gasteiger partial charge in [0.05, 0.1) is 11.6 Å². The molecule has 0 aliphatic rings. The van der Waals surface area contributed by atoms with Gasteiger partial charge in [0.25, 0.3) is 0 Å². The standard InChI is InChI=1S/C13H17ClO3/c1-3-5-9(2)8-17-11-7-4-6-10(14)12(11)13(15)16/h4,6-7,9H,3,5,8H2,1-2H3,(H,15,16). The number of carboxylic acid groups (broad SMARTS) is 1. The highest BCUT2D eigenvalue weighted by atomic mass is 35.5. The van der Waals surface area contributed by atoms with Crippen molar-refractivity contribution in [3.8, 4) is 5.75 Å². The Kier molecular flexibility index (Phi) is 5.29. The van der Waals surface area contributed by atoms with Crippen LogP contribution in [0.2, 0.25) is 5.02 Å². The molecule has 4 heteroatoms. The molecule has 94 valence electrons. The predicted octanol–water partition coefficient (Wildman–Crippen LogP) is 3.85. The predicted molar refractivity (Wildman–Crippen MR) is 68.0 cm³/mol. The summed E-state index contributed by atoms with van der Waals surface area (Å²) in [6.45, 7) is 4.70. The summed E-state index contributed by atoms with van der Waals surface area (Å²) in [6.07, 6.45) is 2.15. The molecule has 1 N–H and O–H groups in total. The monoisotopic (exact) mass is 256 g/mol. The molecule has 1 aromatic carbocycles. The minimum Gasteiger partial charge on any atom is -0.492 e. The van der Waals surface area contributed by atoms with E-state index in [0.29, 0.717) is 18.3 Å². The quantitative estimate of drug-likeness (QED) is 0.841. The number of hydrogen-bond donors (Lipinski definition) is 1. The summed E-state index contributed by atoms with van der Waals surface area (Å²) >= 11 is 5.84. The van der Waals surface area contributed by atoms with Crippen LogP contribution in [-0.2, 0) is 0 Å². The van der Waals surface area contributed by atoms with Crippen molar-refractivity contribution < 1.29 is 14.6 Å². The SMILES string of the molecule is CCCC(C)COc1cccc(Cl)c1C(=O)O. The number of halogens is 1. The molecular formula is C13H17ClO3. The molecule has 0 bridgehead atoms. The molecule has 0 heterocycles. The Morgan fingerprint density at radius 1 is 1.53 bits per heavy atom. The first-order valence-electron chi connectivity index (χ1n) is 5.70. The number of carboxylic acids is 1. The summed E-state index contributed by atoms with van der Waals surface area (Å²) in [5.41, 5.74) is 0.0397. The number of benzene rings is 1. The second-order valence-electron chi connectivity index (χ2n) is 4.12. The van der Waals surface area contributed by atoms with Gasteiger partial charge in [-0.25, -0.2) is 4.79 Å². The minimum atomic E-state index is -1.06. The number of rotatable bonds is 6. The normalized spacial score (nSPS) is 12.2. The van der Waals surface area contributed by atoms with Crippen LogP contribution in [0.5, 0.6) is 5.75 Å². The van der Waals surface area contributed by atoms with Crippen molar-refractivity contribution in [3.05, 3.63) is 28.8 Å². The highest BCUT2D eigenvalue weighted by Crippen LogP contribution is 2.26. The zero-order valence-corrected chi connectivity index (χ0v) is 10.8. The summed E-state index contributed by atoms with van der Waals surface area (Å²) in [4.78, 5) is 11.0. The van der Waals surface area contributed by atoms with Crippen molar-refractivity contribution in [3.63, 3.8) is 0 Å². The maximum atomic E-state index is 11.0. The van der Waals surface area contributed by atoms with E-state index in [-0.39, 0.29) is 10.6 Å². The number of carbonyl (C=O) groups is 1. The molecule has 0 aliphatic heterocycles. The molecule has 1 atom stereocenters. The van der Waals surface area contributed by atoms with Crippen LogP contribution >= 0.6 is 11.6 Å². The lowest BCUT2D eigenvalue weighted by molar-refractivity contribution is 0.0691. The Bertz CT molecular complexity index is 390. The Balaban J connectivity index is 2.77. The van der Waals surface area contributed by atoms with Gasteiger partial charge >= 0.3 is 5.97 Å². The summed E-state index contributed by atoms with van der Waals surface area (Å²) in [6, 6.07) is 4.87. The fourth-order valence-electron chi connectivity index (χ4n) is 1.64. The average Bonchev–Trinajstić information content (AvgIpc) is 2.26. The van der Waals surface area contributed by atoms with Crippen LogP contribution in [0.1, 0.15) is 37.0 Å². The highest BCUT2D eigenvalue weighted by molar-refractivity contribution is 6.33. The van der Waals surface area contributed by atoms with Gasteiger partial charge in [0.2, 0.25) is 0 Å². The van der Waals surface area contributed by atoms with Gasteiger partial charge in [-0.15, -0.1) is 0 Å². The van der Waals surface area contributed by atoms with Gasteiger partial charge in [0.15, 0.2) is 0 Å². The number of aromatic carboxylic acids is 1. The van der Waals surface area contributed by atoms with Crippen molar-refractivity contribution in [2.75, 3.05) is 6.61 Å². The zero-order valence-electron chi connectivity index (χ0n) is 10.1. The van der Waals surface area contributed by atoms with Gasteiger partial charge in [-0.2, -0.15) is 0 Å².